The lowest BCUT2D eigenvalue weighted by Crippen LogP contribution is -2.32. The average Bonchev–Trinajstić information content (AvgIpc) is 3.20. The van der Waals surface area contributed by atoms with Gasteiger partial charge in [0.05, 0.1) is 18.5 Å². The normalized spacial score (nSPS) is 11.4. The van der Waals surface area contributed by atoms with Crippen LogP contribution in [-0.4, -0.2) is 37.3 Å². The number of hydrogen-bond donors (Lipinski definition) is 1. The minimum Gasteiger partial charge on any atom is -0.347 e. The maximum Gasteiger partial charge on any atom is 0.246 e. The fourth-order valence-corrected chi connectivity index (χ4v) is 4.36. The van der Waals surface area contributed by atoms with Crippen molar-refractivity contribution in [2.45, 2.75) is 40.2 Å². The molecule has 0 fully saturated rings. The van der Waals surface area contributed by atoms with Gasteiger partial charge in [0.15, 0.2) is 0 Å². The van der Waals surface area contributed by atoms with Crippen molar-refractivity contribution in [1.82, 2.24) is 15.5 Å². The molecule has 0 aliphatic rings. The number of anilines is 1. The van der Waals surface area contributed by atoms with E-state index in [1.54, 1.807) is 6.07 Å². The van der Waals surface area contributed by atoms with Crippen LogP contribution in [0.4, 0.5) is 5.69 Å². The average molecular weight is 457 g/mol. The summed E-state index contributed by atoms with van der Waals surface area (Å²) in [5.41, 5.74) is 4.49. The molecule has 1 aromatic heterocycles. The predicted octanol–water partition coefficient (Wildman–Crippen LogP) is 3.52. The topological polar surface area (TPSA) is 105 Å². The number of aromatic nitrogens is 2. The number of nitrogens with zero attached hydrogens (tertiary/aromatic N) is 3. The third-order valence-corrected chi connectivity index (χ3v) is 6.37. The molecule has 3 rings (SSSR count). The van der Waals surface area contributed by atoms with Crippen LogP contribution in [0.1, 0.15) is 35.4 Å². The van der Waals surface area contributed by atoms with Gasteiger partial charge in [-0.05, 0) is 50.5 Å². The Morgan fingerprint density at radius 3 is 2.59 bits per heavy atom. The van der Waals surface area contributed by atoms with Gasteiger partial charge in [-0.15, -0.1) is 0 Å². The predicted molar refractivity (Wildman–Crippen MR) is 124 cm³/mol. The second-order valence-electron chi connectivity index (χ2n) is 7.82. The van der Waals surface area contributed by atoms with E-state index in [0.717, 1.165) is 22.3 Å². The van der Waals surface area contributed by atoms with Crippen LogP contribution in [0.2, 0.25) is 0 Å². The molecule has 0 unspecified atom stereocenters. The van der Waals surface area contributed by atoms with Crippen molar-refractivity contribution in [1.29, 1.82) is 0 Å². The highest BCUT2D eigenvalue weighted by molar-refractivity contribution is 7.92. The maximum absolute atomic E-state index is 12.3. The van der Waals surface area contributed by atoms with Gasteiger partial charge < -0.3 is 9.84 Å². The first-order chi connectivity index (χ1) is 15.1. The van der Waals surface area contributed by atoms with Crippen molar-refractivity contribution in [3.8, 4) is 11.4 Å². The van der Waals surface area contributed by atoms with Crippen LogP contribution >= 0.6 is 0 Å². The van der Waals surface area contributed by atoms with Gasteiger partial charge in [-0.2, -0.15) is 4.98 Å². The van der Waals surface area contributed by atoms with Crippen LogP contribution in [-0.2, 0) is 21.4 Å². The van der Waals surface area contributed by atoms with E-state index in [1.165, 1.54) is 10.6 Å². The first-order valence-corrected chi connectivity index (χ1v) is 12.2. The molecule has 0 radical (unpaired) electrons. The number of rotatable bonds is 9. The van der Waals surface area contributed by atoms with Crippen molar-refractivity contribution >= 4 is 21.6 Å². The highest BCUT2D eigenvalue weighted by Crippen LogP contribution is 2.25. The maximum atomic E-state index is 12.3. The zero-order valence-corrected chi connectivity index (χ0v) is 19.6. The molecule has 2 aromatic carbocycles. The molecule has 0 atom stereocenters. The Bertz CT molecular complexity index is 1200. The summed E-state index contributed by atoms with van der Waals surface area (Å²) in [4.78, 5) is 16.6. The van der Waals surface area contributed by atoms with Crippen LogP contribution in [0.5, 0.6) is 0 Å². The third kappa shape index (κ3) is 5.94. The monoisotopic (exact) mass is 456 g/mol. The number of aryl methyl sites for hydroxylation is 2. The van der Waals surface area contributed by atoms with E-state index in [1.807, 2.05) is 57.2 Å². The number of carbonyl (C=O) groups excluding carboxylic acids is 1. The van der Waals surface area contributed by atoms with Gasteiger partial charge >= 0.3 is 0 Å². The summed E-state index contributed by atoms with van der Waals surface area (Å²) in [6.07, 6.45) is 1.73. The summed E-state index contributed by atoms with van der Waals surface area (Å²) in [6.45, 7) is 6.15. The molecule has 1 N–H and O–H groups in total. The van der Waals surface area contributed by atoms with Crippen molar-refractivity contribution in [3.05, 3.63) is 65.0 Å². The van der Waals surface area contributed by atoms with Crippen molar-refractivity contribution < 1.29 is 17.7 Å². The molecule has 1 heterocycles. The zero-order valence-electron chi connectivity index (χ0n) is 18.8. The molecule has 0 saturated carbocycles. The largest absolute Gasteiger partial charge is 0.347 e. The lowest BCUT2D eigenvalue weighted by atomic mass is 10.1. The van der Waals surface area contributed by atoms with Crippen LogP contribution in [0.15, 0.2) is 47.0 Å². The Balaban J connectivity index is 1.54. The summed E-state index contributed by atoms with van der Waals surface area (Å²) in [5.74, 6) is 0.563. The van der Waals surface area contributed by atoms with E-state index in [2.05, 4.69) is 15.5 Å². The third-order valence-electron chi connectivity index (χ3n) is 5.19. The molecule has 0 bridgehead atoms. The van der Waals surface area contributed by atoms with E-state index < -0.39 is 10.0 Å². The highest BCUT2D eigenvalue weighted by atomic mass is 32.2. The second-order valence-corrected chi connectivity index (χ2v) is 9.72. The molecular weight excluding hydrogens is 428 g/mol. The minimum absolute atomic E-state index is 0.116. The van der Waals surface area contributed by atoms with Gasteiger partial charge in [0.1, 0.15) is 0 Å². The highest BCUT2D eigenvalue weighted by Gasteiger charge is 2.20. The van der Waals surface area contributed by atoms with Gasteiger partial charge in [0.25, 0.3) is 0 Å². The standard InChI is InChI=1S/C23H28N4O4S/c1-16-8-5-10-19(14-16)23-25-22(31-26-23)15-24-21(28)12-7-13-27(32(4,29)30)20-11-6-9-17(2)18(20)3/h5-6,8-11,14H,7,12-13,15H2,1-4H3,(H,24,28). The van der Waals surface area contributed by atoms with Crippen LogP contribution in [0.3, 0.4) is 0 Å². The van der Waals surface area contributed by atoms with Gasteiger partial charge in [-0.3, -0.25) is 9.10 Å². The van der Waals surface area contributed by atoms with Gasteiger partial charge in [-0.1, -0.05) is 41.1 Å². The molecule has 0 saturated heterocycles. The van der Waals surface area contributed by atoms with Crippen LogP contribution < -0.4 is 9.62 Å². The number of benzene rings is 2. The lowest BCUT2D eigenvalue weighted by Gasteiger charge is -2.24. The van der Waals surface area contributed by atoms with Crippen LogP contribution in [0.25, 0.3) is 11.4 Å². The number of nitrogens with one attached hydrogen (secondary N) is 1. The second kappa shape index (κ2) is 9.95. The van der Waals surface area contributed by atoms with E-state index in [4.69, 9.17) is 4.52 Å². The number of sulfonamides is 1. The Morgan fingerprint density at radius 1 is 1.12 bits per heavy atom. The molecule has 3 aromatic rings. The summed E-state index contributed by atoms with van der Waals surface area (Å²) in [6, 6.07) is 13.3. The minimum atomic E-state index is -3.47. The molecule has 0 aliphatic carbocycles. The fraction of sp³-hybridized carbons (Fsp3) is 0.348. The SMILES string of the molecule is Cc1cccc(-c2noc(CNC(=O)CCCN(c3cccc(C)c3C)S(C)(=O)=O)n2)c1. The van der Waals surface area contributed by atoms with Gasteiger partial charge in [-0.25, -0.2) is 8.42 Å². The Labute approximate surface area is 188 Å². The summed E-state index contributed by atoms with van der Waals surface area (Å²) >= 11 is 0. The lowest BCUT2D eigenvalue weighted by molar-refractivity contribution is -0.121. The van der Waals surface area contributed by atoms with E-state index >= 15 is 0 Å². The Hall–Kier alpha value is -3.20. The molecule has 0 aliphatic heterocycles. The number of amides is 1. The van der Waals surface area contributed by atoms with Crippen LogP contribution in [0, 0.1) is 20.8 Å². The number of hydrogen-bond acceptors (Lipinski definition) is 6. The smallest absolute Gasteiger partial charge is 0.246 e. The van der Waals surface area contributed by atoms with Crippen molar-refractivity contribution in [2.75, 3.05) is 17.1 Å². The molecule has 32 heavy (non-hydrogen) atoms. The first kappa shape index (κ1) is 23.5. The van der Waals surface area contributed by atoms with Crippen molar-refractivity contribution in [3.63, 3.8) is 0 Å². The zero-order chi connectivity index (χ0) is 23.3. The Morgan fingerprint density at radius 2 is 1.88 bits per heavy atom. The molecule has 170 valence electrons. The summed E-state index contributed by atoms with van der Waals surface area (Å²) in [5, 5.41) is 6.70. The first-order valence-electron chi connectivity index (χ1n) is 10.4. The van der Waals surface area contributed by atoms with Gasteiger partial charge in [0.2, 0.25) is 27.6 Å². The molecule has 9 heteroatoms. The molecule has 1 amide bonds. The van der Waals surface area contributed by atoms with E-state index in [0.29, 0.717) is 23.8 Å². The molecule has 8 nitrogen and oxygen atoms in total. The fourth-order valence-electron chi connectivity index (χ4n) is 3.34. The van der Waals surface area contributed by atoms with Gasteiger partial charge in [0, 0.05) is 18.5 Å². The summed E-state index contributed by atoms with van der Waals surface area (Å²) < 4.78 is 31.2. The number of carbonyl (C=O) groups is 1. The molecular formula is C23H28N4O4S. The van der Waals surface area contributed by atoms with Crippen molar-refractivity contribution in [2.24, 2.45) is 0 Å². The van der Waals surface area contributed by atoms with E-state index in [-0.39, 0.29) is 25.4 Å². The molecule has 0 spiro atoms. The van der Waals surface area contributed by atoms with E-state index in [9.17, 15) is 13.2 Å². The summed E-state index contributed by atoms with van der Waals surface area (Å²) in [7, 11) is -3.47. The Kier molecular flexibility index (Phi) is 7.29. The quantitative estimate of drug-likeness (QED) is 0.528.